The van der Waals surface area contributed by atoms with Crippen molar-refractivity contribution >= 4 is 11.0 Å². The van der Waals surface area contributed by atoms with Crippen LogP contribution in [0.5, 0.6) is 0 Å². The molecule has 0 amide bonds. The van der Waals surface area contributed by atoms with Crippen molar-refractivity contribution < 1.29 is 4.74 Å². The van der Waals surface area contributed by atoms with Crippen LogP contribution in [-0.4, -0.2) is 35.9 Å². The Hall–Kier alpha value is -1.39. The van der Waals surface area contributed by atoms with Gasteiger partial charge in [0.2, 0.25) is 0 Å². The Kier molecular flexibility index (Phi) is 4.56. The maximum absolute atomic E-state index is 5.50. The van der Waals surface area contributed by atoms with E-state index in [1.165, 1.54) is 24.2 Å². The molecule has 4 nitrogen and oxygen atoms in total. The average Bonchev–Trinajstić information content (AvgIpc) is 3.13. The molecule has 1 fully saturated rings. The van der Waals surface area contributed by atoms with Crippen LogP contribution in [-0.2, 0) is 17.7 Å². The summed E-state index contributed by atoms with van der Waals surface area (Å²) >= 11 is 0. The van der Waals surface area contributed by atoms with Crippen molar-refractivity contribution in [2.24, 2.45) is 5.92 Å². The molecule has 114 valence electrons. The highest BCUT2D eigenvalue weighted by molar-refractivity contribution is 5.75. The number of nitrogens with one attached hydrogen (secondary N) is 1. The second-order valence-electron chi connectivity index (χ2n) is 5.92. The van der Waals surface area contributed by atoms with E-state index in [-0.39, 0.29) is 0 Å². The second-order valence-corrected chi connectivity index (χ2v) is 5.92. The number of para-hydroxylation sites is 2. The molecule has 2 unspecified atom stereocenters. The van der Waals surface area contributed by atoms with Crippen molar-refractivity contribution in [1.29, 1.82) is 0 Å². The Labute approximate surface area is 126 Å². The molecule has 1 aliphatic heterocycles. The molecule has 1 aliphatic rings. The highest BCUT2D eigenvalue weighted by Gasteiger charge is 2.21. The summed E-state index contributed by atoms with van der Waals surface area (Å²) in [5, 5.41) is 3.46. The number of aryl methyl sites for hydroxylation is 1. The largest absolute Gasteiger partial charge is 0.381 e. The first kappa shape index (κ1) is 14.5. The van der Waals surface area contributed by atoms with E-state index in [4.69, 9.17) is 9.72 Å². The van der Waals surface area contributed by atoms with Crippen molar-refractivity contribution in [2.45, 2.75) is 38.8 Å². The van der Waals surface area contributed by atoms with Gasteiger partial charge in [0.1, 0.15) is 5.82 Å². The topological polar surface area (TPSA) is 39.1 Å². The number of fused-ring (bicyclic) bond motifs is 1. The van der Waals surface area contributed by atoms with Gasteiger partial charge >= 0.3 is 0 Å². The molecule has 3 rings (SSSR count). The van der Waals surface area contributed by atoms with Gasteiger partial charge in [-0.25, -0.2) is 4.98 Å². The monoisotopic (exact) mass is 287 g/mol. The Morgan fingerprint density at radius 1 is 1.43 bits per heavy atom. The third-order valence-corrected chi connectivity index (χ3v) is 4.53. The molecule has 1 saturated heterocycles. The molecular weight excluding hydrogens is 262 g/mol. The van der Waals surface area contributed by atoms with Crippen LogP contribution >= 0.6 is 0 Å². The van der Waals surface area contributed by atoms with Gasteiger partial charge in [-0.3, -0.25) is 0 Å². The molecule has 1 aromatic carbocycles. The van der Waals surface area contributed by atoms with Gasteiger partial charge in [-0.1, -0.05) is 12.1 Å². The number of benzene rings is 1. The van der Waals surface area contributed by atoms with Crippen molar-refractivity contribution in [3.8, 4) is 0 Å². The smallest absolute Gasteiger partial charge is 0.111 e. The standard InChI is InChI=1S/C17H25N3O/c1-3-20-16-7-5-4-6-15(16)19-17(20)11-14(18-2)10-13-8-9-21-12-13/h4-7,13-14,18H,3,8-12H2,1-2H3. The lowest BCUT2D eigenvalue weighted by atomic mass is 9.97. The minimum atomic E-state index is 0.471. The number of likely N-dealkylation sites (N-methyl/N-ethyl adjacent to an activating group) is 1. The van der Waals surface area contributed by atoms with Crippen LogP contribution in [0.15, 0.2) is 24.3 Å². The number of hydrogen-bond donors (Lipinski definition) is 1. The van der Waals surface area contributed by atoms with Crippen LogP contribution in [0, 0.1) is 5.92 Å². The first-order chi connectivity index (χ1) is 10.3. The summed E-state index contributed by atoms with van der Waals surface area (Å²) in [7, 11) is 2.05. The van der Waals surface area contributed by atoms with Crippen LogP contribution in [0.2, 0.25) is 0 Å². The van der Waals surface area contributed by atoms with Crippen LogP contribution in [0.25, 0.3) is 11.0 Å². The predicted octanol–water partition coefficient (Wildman–Crippen LogP) is 2.61. The van der Waals surface area contributed by atoms with Gasteiger partial charge < -0.3 is 14.6 Å². The Bertz CT molecular complexity index is 587. The molecular formula is C17H25N3O. The van der Waals surface area contributed by atoms with E-state index < -0.39 is 0 Å². The van der Waals surface area contributed by atoms with Crippen molar-refractivity contribution in [1.82, 2.24) is 14.9 Å². The van der Waals surface area contributed by atoms with Gasteiger partial charge in [-0.2, -0.15) is 0 Å². The van der Waals surface area contributed by atoms with E-state index in [1.54, 1.807) is 0 Å². The van der Waals surface area contributed by atoms with E-state index in [0.29, 0.717) is 12.0 Å². The third-order valence-electron chi connectivity index (χ3n) is 4.53. The summed E-state index contributed by atoms with van der Waals surface area (Å²) in [6, 6.07) is 8.88. The van der Waals surface area contributed by atoms with Crippen molar-refractivity contribution in [2.75, 3.05) is 20.3 Å². The average molecular weight is 287 g/mol. The van der Waals surface area contributed by atoms with Gasteiger partial charge in [0, 0.05) is 32.2 Å². The predicted molar refractivity (Wildman–Crippen MR) is 85.5 cm³/mol. The van der Waals surface area contributed by atoms with Crippen LogP contribution in [0.3, 0.4) is 0 Å². The molecule has 2 aromatic rings. The van der Waals surface area contributed by atoms with E-state index in [9.17, 15) is 0 Å². The zero-order chi connectivity index (χ0) is 14.7. The van der Waals surface area contributed by atoms with Crippen LogP contribution in [0.4, 0.5) is 0 Å². The number of nitrogens with zero attached hydrogens (tertiary/aromatic N) is 2. The molecule has 21 heavy (non-hydrogen) atoms. The first-order valence-electron chi connectivity index (χ1n) is 8.01. The molecule has 1 aromatic heterocycles. The van der Waals surface area contributed by atoms with Gasteiger partial charge in [0.05, 0.1) is 11.0 Å². The molecule has 2 atom stereocenters. The number of ether oxygens (including phenoxy) is 1. The van der Waals surface area contributed by atoms with E-state index >= 15 is 0 Å². The lowest BCUT2D eigenvalue weighted by molar-refractivity contribution is 0.181. The lowest BCUT2D eigenvalue weighted by Crippen LogP contribution is -2.31. The quantitative estimate of drug-likeness (QED) is 0.887. The Morgan fingerprint density at radius 3 is 3.00 bits per heavy atom. The minimum Gasteiger partial charge on any atom is -0.381 e. The first-order valence-corrected chi connectivity index (χ1v) is 8.01. The fourth-order valence-corrected chi connectivity index (χ4v) is 3.33. The van der Waals surface area contributed by atoms with Crippen molar-refractivity contribution in [3.05, 3.63) is 30.1 Å². The van der Waals surface area contributed by atoms with Crippen LogP contribution < -0.4 is 5.32 Å². The SMILES string of the molecule is CCn1c(CC(CC2CCOC2)NC)nc2ccccc21. The maximum atomic E-state index is 5.50. The maximum Gasteiger partial charge on any atom is 0.111 e. The lowest BCUT2D eigenvalue weighted by Gasteiger charge is -2.19. The highest BCUT2D eigenvalue weighted by atomic mass is 16.5. The zero-order valence-electron chi connectivity index (χ0n) is 13.0. The zero-order valence-corrected chi connectivity index (χ0v) is 13.0. The molecule has 0 bridgehead atoms. The molecule has 1 N–H and O–H groups in total. The Morgan fingerprint density at radius 2 is 2.29 bits per heavy atom. The fourth-order valence-electron chi connectivity index (χ4n) is 3.33. The highest BCUT2D eigenvalue weighted by Crippen LogP contribution is 2.22. The van der Waals surface area contributed by atoms with Crippen LogP contribution in [0.1, 0.15) is 25.6 Å². The number of aromatic nitrogens is 2. The normalized spacial score (nSPS) is 20.2. The van der Waals surface area contributed by atoms with Crippen molar-refractivity contribution in [3.63, 3.8) is 0 Å². The Balaban J connectivity index is 1.78. The summed E-state index contributed by atoms with van der Waals surface area (Å²) in [6.07, 6.45) is 3.35. The third kappa shape index (κ3) is 3.11. The molecule has 0 spiro atoms. The van der Waals surface area contributed by atoms with E-state index in [1.807, 2.05) is 0 Å². The van der Waals surface area contributed by atoms with Gasteiger partial charge in [-0.15, -0.1) is 0 Å². The summed E-state index contributed by atoms with van der Waals surface area (Å²) in [6.45, 7) is 5.01. The minimum absolute atomic E-state index is 0.471. The summed E-state index contributed by atoms with van der Waals surface area (Å²) < 4.78 is 7.84. The molecule has 4 heteroatoms. The number of rotatable bonds is 6. The van der Waals surface area contributed by atoms with Gasteiger partial charge in [-0.05, 0) is 44.9 Å². The van der Waals surface area contributed by atoms with Gasteiger partial charge in [0.25, 0.3) is 0 Å². The molecule has 0 aliphatic carbocycles. The number of imidazole rings is 1. The number of hydrogen-bond acceptors (Lipinski definition) is 3. The summed E-state index contributed by atoms with van der Waals surface area (Å²) in [5.41, 5.74) is 2.35. The molecule has 0 radical (unpaired) electrons. The summed E-state index contributed by atoms with van der Waals surface area (Å²) in [5.74, 6) is 1.89. The summed E-state index contributed by atoms with van der Waals surface area (Å²) in [4.78, 5) is 4.84. The van der Waals surface area contributed by atoms with E-state index in [2.05, 4.69) is 48.1 Å². The van der Waals surface area contributed by atoms with Gasteiger partial charge in [0.15, 0.2) is 0 Å². The van der Waals surface area contributed by atoms with E-state index in [0.717, 1.165) is 31.7 Å². The molecule has 0 saturated carbocycles. The fraction of sp³-hybridized carbons (Fsp3) is 0.588. The molecule has 2 heterocycles. The second kappa shape index (κ2) is 6.58.